The monoisotopic (exact) mass is 399 g/mol. The van der Waals surface area contributed by atoms with Gasteiger partial charge in [0.2, 0.25) is 0 Å². The summed E-state index contributed by atoms with van der Waals surface area (Å²) in [5.74, 6) is -2.59. The molecule has 0 unspecified atom stereocenters. The average molecular weight is 399 g/mol. The summed E-state index contributed by atoms with van der Waals surface area (Å²) in [5, 5.41) is 17.9. The minimum atomic E-state index is -4.24. The standard InChI is InChI=1S/C19H11F2N3O3S/c20-17-9-13(11-22)1-3-15(17)5-6-19(25)24-28(26,27)8-7-16-4-2-14(12-23)10-18(16)21/h1-10H,(H,24,25)/b6-5+,8-7+. The van der Waals surface area contributed by atoms with Gasteiger partial charge in [-0.05, 0) is 36.4 Å². The maximum absolute atomic E-state index is 13.7. The van der Waals surface area contributed by atoms with Gasteiger partial charge >= 0.3 is 0 Å². The lowest BCUT2D eigenvalue weighted by Crippen LogP contribution is -2.26. The molecule has 0 fully saturated rings. The maximum atomic E-state index is 13.7. The minimum absolute atomic E-state index is 0.0123. The summed E-state index contributed by atoms with van der Waals surface area (Å²) in [6, 6.07) is 10.5. The summed E-state index contributed by atoms with van der Waals surface area (Å²) < 4.78 is 52.9. The maximum Gasteiger partial charge on any atom is 0.257 e. The molecule has 0 aliphatic heterocycles. The van der Waals surface area contributed by atoms with E-state index in [1.54, 1.807) is 16.9 Å². The van der Waals surface area contributed by atoms with E-state index in [-0.39, 0.29) is 22.3 Å². The molecule has 0 atom stereocenters. The fraction of sp³-hybridized carbons (Fsp3) is 0. The van der Waals surface area contributed by atoms with E-state index in [0.717, 1.165) is 30.4 Å². The molecule has 1 amide bonds. The van der Waals surface area contributed by atoms with Crippen LogP contribution in [0.1, 0.15) is 22.3 Å². The highest BCUT2D eigenvalue weighted by Crippen LogP contribution is 2.13. The van der Waals surface area contributed by atoms with Gasteiger partial charge in [-0.2, -0.15) is 10.5 Å². The number of amides is 1. The molecule has 0 aliphatic carbocycles. The minimum Gasteiger partial charge on any atom is -0.269 e. The lowest BCUT2D eigenvalue weighted by molar-refractivity contribution is -0.114. The number of benzene rings is 2. The van der Waals surface area contributed by atoms with Gasteiger partial charge in [0.05, 0.1) is 28.7 Å². The van der Waals surface area contributed by atoms with E-state index in [2.05, 4.69) is 0 Å². The van der Waals surface area contributed by atoms with Crippen LogP contribution in [0.2, 0.25) is 0 Å². The summed E-state index contributed by atoms with van der Waals surface area (Å²) in [4.78, 5) is 11.7. The summed E-state index contributed by atoms with van der Waals surface area (Å²) in [5.41, 5.74) is 0.0709. The number of nitrogens with one attached hydrogen (secondary N) is 1. The topological polar surface area (TPSA) is 111 Å². The third kappa shape index (κ3) is 5.59. The van der Waals surface area contributed by atoms with Crippen LogP contribution < -0.4 is 4.72 Å². The molecular weight excluding hydrogens is 388 g/mol. The number of halogens is 2. The van der Waals surface area contributed by atoms with E-state index in [1.807, 2.05) is 0 Å². The molecule has 2 aromatic rings. The largest absolute Gasteiger partial charge is 0.269 e. The Hall–Kier alpha value is -3.82. The van der Waals surface area contributed by atoms with Gasteiger partial charge in [0, 0.05) is 17.2 Å². The first-order valence-electron chi connectivity index (χ1n) is 7.56. The predicted molar refractivity (Wildman–Crippen MR) is 97.4 cm³/mol. The van der Waals surface area contributed by atoms with Gasteiger partial charge in [0.1, 0.15) is 11.6 Å². The number of carbonyl (C=O) groups excluding carboxylic acids is 1. The van der Waals surface area contributed by atoms with Crippen LogP contribution in [0.3, 0.4) is 0 Å². The van der Waals surface area contributed by atoms with Gasteiger partial charge in [-0.15, -0.1) is 0 Å². The second kappa shape index (κ2) is 8.71. The zero-order valence-corrected chi connectivity index (χ0v) is 14.9. The third-order valence-electron chi connectivity index (χ3n) is 3.34. The number of hydrogen-bond donors (Lipinski definition) is 1. The second-order valence-electron chi connectivity index (χ2n) is 5.34. The van der Waals surface area contributed by atoms with E-state index >= 15 is 0 Å². The summed E-state index contributed by atoms with van der Waals surface area (Å²) in [6.45, 7) is 0. The Kier molecular flexibility index (Phi) is 6.38. The molecule has 0 aromatic heterocycles. The Morgan fingerprint density at radius 2 is 1.43 bits per heavy atom. The summed E-state index contributed by atoms with van der Waals surface area (Å²) in [7, 11) is -4.24. The van der Waals surface area contributed by atoms with Crippen molar-refractivity contribution in [3.05, 3.63) is 81.8 Å². The summed E-state index contributed by atoms with van der Waals surface area (Å²) in [6.07, 6.45) is 2.78. The zero-order valence-electron chi connectivity index (χ0n) is 14.1. The molecule has 2 rings (SSSR count). The Morgan fingerprint density at radius 1 is 0.929 bits per heavy atom. The van der Waals surface area contributed by atoms with Crippen LogP contribution in [0.4, 0.5) is 8.78 Å². The number of carbonyl (C=O) groups is 1. The zero-order chi connectivity index (χ0) is 20.7. The van der Waals surface area contributed by atoms with Crippen LogP contribution in [0, 0.1) is 34.3 Å². The van der Waals surface area contributed by atoms with Crippen molar-refractivity contribution < 1.29 is 22.0 Å². The first-order valence-corrected chi connectivity index (χ1v) is 9.11. The highest BCUT2D eigenvalue weighted by molar-refractivity contribution is 7.93. The van der Waals surface area contributed by atoms with Crippen LogP contribution >= 0.6 is 0 Å². The van der Waals surface area contributed by atoms with Crippen molar-refractivity contribution >= 4 is 28.1 Å². The molecule has 0 radical (unpaired) electrons. The smallest absolute Gasteiger partial charge is 0.257 e. The molecule has 0 saturated heterocycles. The van der Waals surface area contributed by atoms with Crippen molar-refractivity contribution in [3.8, 4) is 12.1 Å². The normalized spacial score (nSPS) is 11.3. The van der Waals surface area contributed by atoms with E-state index in [1.165, 1.54) is 24.3 Å². The van der Waals surface area contributed by atoms with Gasteiger partial charge in [-0.25, -0.2) is 21.9 Å². The molecule has 140 valence electrons. The highest BCUT2D eigenvalue weighted by Gasteiger charge is 2.10. The third-order valence-corrected chi connectivity index (χ3v) is 4.32. The van der Waals surface area contributed by atoms with Crippen LogP contribution in [0.5, 0.6) is 0 Å². The molecule has 0 spiro atoms. The number of nitrogens with zero attached hydrogens (tertiary/aromatic N) is 2. The molecule has 1 N–H and O–H groups in total. The molecule has 2 aromatic carbocycles. The molecule has 9 heteroatoms. The van der Waals surface area contributed by atoms with Gasteiger partial charge in [0.25, 0.3) is 15.9 Å². The second-order valence-corrected chi connectivity index (χ2v) is 6.91. The molecular formula is C19H11F2N3O3S. The summed E-state index contributed by atoms with van der Waals surface area (Å²) >= 11 is 0. The number of sulfonamides is 1. The van der Waals surface area contributed by atoms with Crippen LogP contribution in [0.15, 0.2) is 47.9 Å². The Balaban J connectivity index is 2.08. The van der Waals surface area contributed by atoms with E-state index in [4.69, 9.17) is 10.5 Å². The van der Waals surface area contributed by atoms with Crippen LogP contribution in [-0.2, 0) is 14.8 Å². The van der Waals surface area contributed by atoms with Gasteiger partial charge in [-0.1, -0.05) is 12.1 Å². The number of hydrogen-bond acceptors (Lipinski definition) is 5. The first-order chi connectivity index (χ1) is 13.2. The molecule has 0 bridgehead atoms. The average Bonchev–Trinajstić information content (AvgIpc) is 2.65. The van der Waals surface area contributed by atoms with Crippen molar-refractivity contribution in [1.82, 2.24) is 4.72 Å². The van der Waals surface area contributed by atoms with Crippen molar-refractivity contribution in [1.29, 1.82) is 10.5 Å². The first kappa shape index (κ1) is 20.5. The van der Waals surface area contributed by atoms with Crippen LogP contribution in [-0.4, -0.2) is 14.3 Å². The van der Waals surface area contributed by atoms with E-state index in [0.29, 0.717) is 5.41 Å². The van der Waals surface area contributed by atoms with Crippen molar-refractivity contribution in [2.75, 3.05) is 0 Å². The van der Waals surface area contributed by atoms with Crippen molar-refractivity contribution in [2.45, 2.75) is 0 Å². The van der Waals surface area contributed by atoms with Crippen molar-refractivity contribution in [3.63, 3.8) is 0 Å². The van der Waals surface area contributed by atoms with Gasteiger partial charge in [-0.3, -0.25) is 4.79 Å². The molecule has 6 nitrogen and oxygen atoms in total. The lowest BCUT2D eigenvalue weighted by Gasteiger charge is -2.01. The van der Waals surface area contributed by atoms with Crippen LogP contribution in [0.25, 0.3) is 12.2 Å². The van der Waals surface area contributed by atoms with E-state index in [9.17, 15) is 22.0 Å². The van der Waals surface area contributed by atoms with Gasteiger partial charge in [0.15, 0.2) is 0 Å². The van der Waals surface area contributed by atoms with E-state index < -0.39 is 27.6 Å². The quantitative estimate of drug-likeness (QED) is 0.777. The lowest BCUT2D eigenvalue weighted by atomic mass is 10.1. The number of nitriles is 2. The molecule has 0 saturated carbocycles. The molecule has 0 aliphatic rings. The highest BCUT2D eigenvalue weighted by atomic mass is 32.2. The molecule has 0 heterocycles. The Labute approximate surface area is 159 Å². The Bertz CT molecular complexity index is 1170. The fourth-order valence-electron chi connectivity index (χ4n) is 2.00. The molecule has 28 heavy (non-hydrogen) atoms. The number of rotatable bonds is 5. The Morgan fingerprint density at radius 3 is 1.89 bits per heavy atom. The predicted octanol–water partition coefficient (Wildman–Crippen LogP) is 2.84. The van der Waals surface area contributed by atoms with Gasteiger partial charge < -0.3 is 0 Å². The van der Waals surface area contributed by atoms with Crippen molar-refractivity contribution in [2.24, 2.45) is 0 Å². The SMILES string of the molecule is N#Cc1ccc(/C=C/C(=O)NS(=O)(=O)/C=C/c2ccc(C#N)cc2F)c(F)c1. The fourth-order valence-corrected chi connectivity index (χ4v) is 2.74.